The van der Waals surface area contributed by atoms with Crippen LogP contribution in [-0.4, -0.2) is 9.97 Å². The minimum Gasteiger partial charge on any atom is -0.489 e. The van der Waals surface area contributed by atoms with E-state index in [9.17, 15) is 0 Å². The van der Waals surface area contributed by atoms with Gasteiger partial charge in [0, 0.05) is 18.9 Å². The van der Waals surface area contributed by atoms with E-state index in [0.717, 1.165) is 16.9 Å². The first-order chi connectivity index (χ1) is 11.8. The van der Waals surface area contributed by atoms with Gasteiger partial charge in [-0.05, 0) is 23.3 Å². The zero-order valence-corrected chi connectivity index (χ0v) is 13.0. The van der Waals surface area contributed by atoms with Crippen molar-refractivity contribution in [3.63, 3.8) is 0 Å². The van der Waals surface area contributed by atoms with Gasteiger partial charge in [-0.2, -0.15) is 5.26 Å². The van der Waals surface area contributed by atoms with Crippen molar-refractivity contribution in [3.8, 4) is 11.8 Å². The van der Waals surface area contributed by atoms with Crippen molar-refractivity contribution in [1.29, 1.82) is 5.26 Å². The lowest BCUT2D eigenvalue weighted by atomic mass is 10.1. The molecule has 3 aromatic rings. The molecule has 0 fully saturated rings. The summed E-state index contributed by atoms with van der Waals surface area (Å²) in [5.41, 5.74) is 2.48. The van der Waals surface area contributed by atoms with Crippen molar-refractivity contribution in [1.82, 2.24) is 9.97 Å². The summed E-state index contributed by atoms with van der Waals surface area (Å²) in [5.74, 6) is 1.35. The zero-order valence-electron chi connectivity index (χ0n) is 13.0. The van der Waals surface area contributed by atoms with Crippen molar-refractivity contribution in [2.75, 3.05) is 5.32 Å². The predicted molar refractivity (Wildman–Crippen MR) is 91.3 cm³/mol. The predicted octanol–water partition coefficient (Wildman–Crippen LogP) is 3.54. The smallest absolute Gasteiger partial charge is 0.182 e. The second kappa shape index (κ2) is 7.75. The van der Waals surface area contributed by atoms with E-state index in [1.807, 2.05) is 60.7 Å². The van der Waals surface area contributed by atoms with Crippen LogP contribution >= 0.6 is 0 Å². The van der Waals surface area contributed by atoms with Crippen LogP contribution in [0.4, 0.5) is 5.82 Å². The summed E-state index contributed by atoms with van der Waals surface area (Å²) in [6, 6.07) is 19.9. The van der Waals surface area contributed by atoms with Gasteiger partial charge < -0.3 is 10.1 Å². The van der Waals surface area contributed by atoms with Crippen LogP contribution in [0.3, 0.4) is 0 Å². The highest BCUT2D eigenvalue weighted by Crippen LogP contribution is 2.13. The molecule has 0 atom stereocenters. The van der Waals surface area contributed by atoms with E-state index in [2.05, 4.69) is 15.3 Å². The first-order valence-electron chi connectivity index (χ1n) is 7.56. The van der Waals surface area contributed by atoms with Crippen molar-refractivity contribution >= 4 is 5.82 Å². The summed E-state index contributed by atoms with van der Waals surface area (Å²) in [5, 5.41) is 12.1. The number of para-hydroxylation sites is 1. The van der Waals surface area contributed by atoms with Gasteiger partial charge in [-0.15, -0.1) is 0 Å². The molecule has 5 heteroatoms. The van der Waals surface area contributed by atoms with E-state index in [1.54, 1.807) is 6.20 Å². The molecule has 24 heavy (non-hydrogen) atoms. The number of ether oxygens (including phenoxy) is 1. The molecule has 0 saturated carbocycles. The molecule has 0 saturated heterocycles. The molecule has 1 aromatic heterocycles. The third-order valence-electron chi connectivity index (χ3n) is 3.44. The second-order valence-electron chi connectivity index (χ2n) is 5.14. The molecule has 0 aliphatic heterocycles. The minimum atomic E-state index is 0.297. The van der Waals surface area contributed by atoms with Gasteiger partial charge in [0.25, 0.3) is 0 Å². The Kier molecular flexibility index (Phi) is 5.00. The van der Waals surface area contributed by atoms with Gasteiger partial charge in [-0.1, -0.05) is 42.5 Å². The number of nitriles is 1. The van der Waals surface area contributed by atoms with Crippen LogP contribution in [0.15, 0.2) is 67.0 Å². The lowest BCUT2D eigenvalue weighted by Crippen LogP contribution is -2.04. The standard InChI is InChI=1S/C19H16N4O/c20-12-18-19(22-11-10-21-18)23-13-15-6-8-16(9-7-15)14-24-17-4-2-1-3-5-17/h1-11H,13-14H2,(H,22,23). The maximum absolute atomic E-state index is 9.00. The second-order valence-corrected chi connectivity index (χ2v) is 5.14. The van der Waals surface area contributed by atoms with E-state index >= 15 is 0 Å². The Morgan fingerprint density at radius 2 is 1.62 bits per heavy atom. The number of nitrogens with one attached hydrogen (secondary N) is 1. The first-order valence-corrected chi connectivity index (χ1v) is 7.56. The Labute approximate surface area is 140 Å². The molecular formula is C19H16N4O. The third kappa shape index (κ3) is 4.08. The first kappa shape index (κ1) is 15.5. The fraction of sp³-hybridized carbons (Fsp3) is 0.105. The van der Waals surface area contributed by atoms with Crippen LogP contribution in [0.1, 0.15) is 16.8 Å². The maximum Gasteiger partial charge on any atom is 0.182 e. The van der Waals surface area contributed by atoms with Crippen LogP contribution < -0.4 is 10.1 Å². The fourth-order valence-corrected chi connectivity index (χ4v) is 2.17. The summed E-state index contributed by atoms with van der Waals surface area (Å²) >= 11 is 0. The summed E-state index contributed by atoms with van der Waals surface area (Å²) in [4.78, 5) is 8.10. The molecular weight excluding hydrogens is 300 g/mol. The maximum atomic E-state index is 9.00. The van der Waals surface area contributed by atoms with Gasteiger partial charge in [-0.3, -0.25) is 0 Å². The molecule has 2 aromatic carbocycles. The molecule has 0 aliphatic rings. The molecule has 0 aliphatic carbocycles. The lowest BCUT2D eigenvalue weighted by Gasteiger charge is -2.08. The molecule has 3 rings (SSSR count). The summed E-state index contributed by atoms with van der Waals surface area (Å²) in [7, 11) is 0. The van der Waals surface area contributed by atoms with Crippen molar-refractivity contribution < 1.29 is 4.74 Å². The molecule has 0 amide bonds. The van der Waals surface area contributed by atoms with E-state index < -0.39 is 0 Å². The largest absolute Gasteiger partial charge is 0.489 e. The van der Waals surface area contributed by atoms with E-state index in [0.29, 0.717) is 24.7 Å². The topological polar surface area (TPSA) is 70.8 Å². The molecule has 0 radical (unpaired) electrons. The highest BCUT2D eigenvalue weighted by atomic mass is 16.5. The van der Waals surface area contributed by atoms with Crippen molar-refractivity contribution in [2.24, 2.45) is 0 Å². The van der Waals surface area contributed by atoms with Gasteiger partial charge in [0.2, 0.25) is 0 Å². The zero-order chi connectivity index (χ0) is 16.6. The van der Waals surface area contributed by atoms with Crippen LogP contribution in [0.5, 0.6) is 5.75 Å². The van der Waals surface area contributed by atoms with Gasteiger partial charge in [0.15, 0.2) is 11.5 Å². The Morgan fingerprint density at radius 1 is 0.917 bits per heavy atom. The highest BCUT2D eigenvalue weighted by Gasteiger charge is 2.03. The average molecular weight is 316 g/mol. The van der Waals surface area contributed by atoms with Gasteiger partial charge >= 0.3 is 0 Å². The minimum absolute atomic E-state index is 0.297. The van der Waals surface area contributed by atoms with E-state index in [4.69, 9.17) is 10.00 Å². The van der Waals surface area contributed by atoms with Crippen LogP contribution in [0, 0.1) is 11.3 Å². The Bertz CT molecular complexity index is 826. The molecule has 1 N–H and O–H groups in total. The Balaban J connectivity index is 1.56. The van der Waals surface area contributed by atoms with Crippen molar-refractivity contribution in [2.45, 2.75) is 13.2 Å². The summed E-state index contributed by atoms with van der Waals surface area (Å²) < 4.78 is 5.72. The number of aromatic nitrogens is 2. The number of benzene rings is 2. The van der Waals surface area contributed by atoms with Gasteiger partial charge in [0.1, 0.15) is 18.4 Å². The van der Waals surface area contributed by atoms with Crippen LogP contribution in [0.2, 0.25) is 0 Å². The van der Waals surface area contributed by atoms with Crippen molar-refractivity contribution in [3.05, 3.63) is 83.8 Å². The number of anilines is 1. The Morgan fingerprint density at radius 3 is 2.38 bits per heavy atom. The van der Waals surface area contributed by atoms with Gasteiger partial charge in [0.05, 0.1) is 0 Å². The van der Waals surface area contributed by atoms with Gasteiger partial charge in [-0.25, -0.2) is 9.97 Å². The molecule has 5 nitrogen and oxygen atoms in total. The molecule has 0 spiro atoms. The number of hydrogen-bond acceptors (Lipinski definition) is 5. The third-order valence-corrected chi connectivity index (χ3v) is 3.44. The number of hydrogen-bond donors (Lipinski definition) is 1. The van der Waals surface area contributed by atoms with Crippen LogP contribution in [-0.2, 0) is 13.2 Å². The monoisotopic (exact) mass is 316 g/mol. The number of rotatable bonds is 6. The quantitative estimate of drug-likeness (QED) is 0.753. The fourth-order valence-electron chi connectivity index (χ4n) is 2.17. The summed E-state index contributed by atoms with van der Waals surface area (Å²) in [6.45, 7) is 1.10. The van der Waals surface area contributed by atoms with Crippen LogP contribution in [0.25, 0.3) is 0 Å². The van der Waals surface area contributed by atoms with E-state index in [1.165, 1.54) is 6.20 Å². The lowest BCUT2D eigenvalue weighted by molar-refractivity contribution is 0.306. The molecule has 0 unspecified atom stereocenters. The molecule has 1 heterocycles. The normalized spacial score (nSPS) is 9.96. The molecule has 118 valence electrons. The number of nitrogens with zero attached hydrogens (tertiary/aromatic N) is 3. The SMILES string of the molecule is N#Cc1nccnc1NCc1ccc(COc2ccccc2)cc1. The Hall–Kier alpha value is -3.39. The summed E-state index contributed by atoms with van der Waals surface area (Å²) in [6.07, 6.45) is 3.07. The highest BCUT2D eigenvalue weighted by molar-refractivity contribution is 5.47. The average Bonchev–Trinajstić information content (AvgIpc) is 2.66. The molecule has 0 bridgehead atoms. The van der Waals surface area contributed by atoms with E-state index in [-0.39, 0.29) is 0 Å².